The normalized spacial score (nSPS) is 22.4. The molecular weight excluding hydrogens is 335 g/mol. The molecule has 0 aromatic heterocycles. The van der Waals surface area contributed by atoms with Gasteiger partial charge in [0.25, 0.3) is 0 Å². The van der Waals surface area contributed by atoms with Gasteiger partial charge in [0.05, 0.1) is 0 Å². The van der Waals surface area contributed by atoms with Crippen LogP contribution in [0.2, 0.25) is 8.45 Å². The molecule has 2 aliphatic carbocycles. The third kappa shape index (κ3) is 6.49. The summed E-state index contributed by atoms with van der Waals surface area (Å²) in [5.41, 5.74) is 3.44. The van der Waals surface area contributed by atoms with Crippen LogP contribution >= 0.6 is 24.8 Å². The van der Waals surface area contributed by atoms with Crippen molar-refractivity contribution in [3.8, 4) is 0 Å². The largest absolute Gasteiger partial charge is 0.147 e. The van der Waals surface area contributed by atoms with Gasteiger partial charge in [-0.25, -0.2) is 0 Å². The first-order valence-corrected chi connectivity index (χ1v) is 9.66. The van der Waals surface area contributed by atoms with Gasteiger partial charge in [0, 0.05) is 0 Å². The van der Waals surface area contributed by atoms with Crippen molar-refractivity contribution < 1.29 is 19.2 Å². The van der Waals surface area contributed by atoms with Crippen molar-refractivity contribution in [2.75, 3.05) is 0 Å². The molecule has 0 aliphatic heterocycles. The first-order valence-electron chi connectivity index (χ1n) is 7.85. The molecule has 2 atom stereocenters. The summed E-state index contributed by atoms with van der Waals surface area (Å²) in [7, 11) is 0. The quantitative estimate of drug-likeness (QED) is 0.413. The number of halogens is 2. The predicted molar refractivity (Wildman–Crippen MR) is 95.5 cm³/mol. The van der Waals surface area contributed by atoms with Crippen LogP contribution in [0.4, 0.5) is 0 Å². The molecule has 0 N–H and O–H groups in total. The molecule has 0 aromatic rings. The molecule has 0 bridgehead atoms. The van der Waals surface area contributed by atoms with E-state index in [0.29, 0.717) is 0 Å². The molecule has 2 aliphatic rings. The van der Waals surface area contributed by atoms with E-state index in [1.807, 2.05) is 0 Å². The first kappa shape index (κ1) is 21.3. The van der Waals surface area contributed by atoms with Crippen LogP contribution < -0.4 is 0 Å². The molecule has 2 rings (SSSR count). The van der Waals surface area contributed by atoms with Crippen molar-refractivity contribution in [3.05, 3.63) is 47.6 Å². The molecule has 21 heavy (non-hydrogen) atoms. The number of hydrogen-bond acceptors (Lipinski definition) is 0. The number of hydrogen-bond donors (Lipinski definition) is 0. The van der Waals surface area contributed by atoms with Crippen LogP contribution in [0.25, 0.3) is 0 Å². The van der Waals surface area contributed by atoms with Gasteiger partial charge in [0.1, 0.15) is 0 Å². The van der Waals surface area contributed by atoms with Crippen molar-refractivity contribution in [2.45, 2.75) is 60.8 Å². The Bertz CT molecular complexity index is 369. The first-order chi connectivity index (χ1) is 9.35. The Balaban J connectivity index is 0.00000200. The molecule has 0 saturated carbocycles. The summed E-state index contributed by atoms with van der Waals surface area (Å²) >= 11 is 0.0419. The van der Waals surface area contributed by atoms with Crippen molar-refractivity contribution in [1.29, 1.82) is 0 Å². The van der Waals surface area contributed by atoms with Crippen molar-refractivity contribution in [2.24, 2.45) is 0 Å². The van der Waals surface area contributed by atoms with Crippen molar-refractivity contribution in [3.63, 3.8) is 0 Å². The van der Waals surface area contributed by atoms with Gasteiger partial charge in [-0.3, -0.25) is 0 Å². The van der Waals surface area contributed by atoms with Crippen LogP contribution in [0.1, 0.15) is 52.4 Å². The molecule has 118 valence electrons. The average Bonchev–Trinajstić information content (AvgIpc) is 3.04. The van der Waals surface area contributed by atoms with Crippen LogP contribution in [-0.4, -0.2) is 0 Å². The zero-order chi connectivity index (χ0) is 13.5. The fraction of sp³-hybridized carbons (Fsp3) is 0.556. The maximum atomic E-state index is 2.47. The zero-order valence-electron chi connectivity index (χ0n) is 13.2. The van der Waals surface area contributed by atoms with Gasteiger partial charge < -0.3 is 0 Å². The maximum absolute atomic E-state index is 2.47. The third-order valence-corrected chi connectivity index (χ3v) is 6.90. The summed E-state index contributed by atoms with van der Waals surface area (Å²) in [6, 6.07) is 0. The Kier molecular flexibility index (Phi) is 11.9. The van der Waals surface area contributed by atoms with E-state index in [0.717, 1.165) is 8.45 Å². The van der Waals surface area contributed by atoms with E-state index in [-0.39, 0.29) is 44.0 Å². The second kappa shape index (κ2) is 11.8. The number of rotatable bonds is 8. The monoisotopic (exact) mass is 362 g/mol. The predicted octanol–water partition coefficient (Wildman–Crippen LogP) is 6.86. The standard InChI is InChI=1S/2C9H13.2ClH.Ti/c2*1-2-3-6-9-7-4-5-8-9;;;/h2*4-5,7-8H,2-3,6H2,1H3;2*1H;. The topological polar surface area (TPSA) is 0 Å². The van der Waals surface area contributed by atoms with E-state index in [1.54, 1.807) is 11.1 Å². The van der Waals surface area contributed by atoms with E-state index >= 15 is 0 Å². The molecule has 0 aromatic carbocycles. The number of allylic oxidation sites excluding steroid dienone is 8. The Morgan fingerprint density at radius 1 is 0.810 bits per heavy atom. The summed E-state index contributed by atoms with van der Waals surface area (Å²) in [6.07, 6.45) is 22.3. The molecule has 0 saturated heterocycles. The summed E-state index contributed by atoms with van der Waals surface area (Å²) in [5.74, 6) is 0. The van der Waals surface area contributed by atoms with E-state index in [4.69, 9.17) is 0 Å². The smallest absolute Gasteiger partial charge is 0.147 e. The Hall–Kier alpha value is 0.254. The SMILES string of the molecule is CCCCC1=CC=C[CH]1[Ti][CH]1C=CC=C1CCCC.Cl.Cl. The van der Waals surface area contributed by atoms with Gasteiger partial charge >= 0.3 is 128 Å². The maximum Gasteiger partial charge on any atom is -0.147 e. The molecule has 0 nitrogen and oxygen atoms in total. The summed E-state index contributed by atoms with van der Waals surface area (Å²) < 4.78 is 1.65. The average molecular weight is 363 g/mol. The summed E-state index contributed by atoms with van der Waals surface area (Å²) in [5, 5.41) is 0. The van der Waals surface area contributed by atoms with E-state index in [9.17, 15) is 0 Å². The second-order valence-electron chi connectivity index (χ2n) is 5.58. The Labute approximate surface area is 152 Å². The van der Waals surface area contributed by atoms with E-state index < -0.39 is 0 Å². The van der Waals surface area contributed by atoms with Crippen molar-refractivity contribution >= 4 is 24.8 Å². The molecule has 2 unspecified atom stereocenters. The van der Waals surface area contributed by atoms with Gasteiger partial charge in [0.15, 0.2) is 0 Å². The molecule has 0 radical (unpaired) electrons. The van der Waals surface area contributed by atoms with E-state index in [2.05, 4.69) is 50.3 Å². The van der Waals surface area contributed by atoms with Crippen LogP contribution in [0.5, 0.6) is 0 Å². The van der Waals surface area contributed by atoms with E-state index in [1.165, 1.54) is 38.5 Å². The fourth-order valence-electron chi connectivity index (χ4n) is 2.79. The molecule has 0 heterocycles. The Morgan fingerprint density at radius 2 is 1.24 bits per heavy atom. The minimum Gasteiger partial charge on any atom is -0.147 e. The van der Waals surface area contributed by atoms with Crippen molar-refractivity contribution in [1.82, 2.24) is 0 Å². The van der Waals surface area contributed by atoms with Crippen LogP contribution in [-0.2, 0) is 19.2 Å². The number of unbranched alkanes of at least 4 members (excludes halogenated alkanes) is 2. The Morgan fingerprint density at radius 3 is 1.62 bits per heavy atom. The van der Waals surface area contributed by atoms with Gasteiger partial charge in [-0.1, -0.05) is 0 Å². The second-order valence-corrected chi connectivity index (χ2v) is 8.05. The fourth-order valence-corrected chi connectivity index (χ4v) is 5.51. The summed E-state index contributed by atoms with van der Waals surface area (Å²) in [4.78, 5) is 0. The molecule has 0 amide bonds. The van der Waals surface area contributed by atoms with Crippen LogP contribution in [0.15, 0.2) is 47.6 Å². The third-order valence-electron chi connectivity index (χ3n) is 4.02. The molecule has 3 heteroatoms. The van der Waals surface area contributed by atoms with Gasteiger partial charge in [-0.05, 0) is 0 Å². The summed E-state index contributed by atoms with van der Waals surface area (Å²) in [6.45, 7) is 4.58. The van der Waals surface area contributed by atoms with Crippen LogP contribution in [0, 0.1) is 0 Å². The zero-order valence-corrected chi connectivity index (χ0v) is 16.4. The minimum absolute atomic E-state index is 0. The molecule has 0 spiro atoms. The minimum atomic E-state index is 0. The molecule has 0 fully saturated rings. The van der Waals surface area contributed by atoms with Gasteiger partial charge in [-0.2, -0.15) is 0 Å². The van der Waals surface area contributed by atoms with Crippen LogP contribution in [0.3, 0.4) is 0 Å². The van der Waals surface area contributed by atoms with Gasteiger partial charge in [0.2, 0.25) is 0 Å². The molecular formula is C18H28Cl2Ti. The van der Waals surface area contributed by atoms with Gasteiger partial charge in [-0.15, -0.1) is 24.8 Å².